The van der Waals surface area contributed by atoms with Gasteiger partial charge in [0.05, 0.1) is 26.4 Å². The summed E-state index contributed by atoms with van der Waals surface area (Å²) in [6.45, 7) is 0.241. The van der Waals surface area contributed by atoms with Gasteiger partial charge in [0.2, 0.25) is 15.9 Å². The van der Waals surface area contributed by atoms with Crippen LogP contribution in [0.3, 0.4) is 0 Å². The Labute approximate surface area is 263 Å². The summed E-state index contributed by atoms with van der Waals surface area (Å²) in [4.78, 5) is 16.5. The third-order valence-corrected chi connectivity index (χ3v) is 10.0. The van der Waals surface area contributed by atoms with Crippen molar-refractivity contribution in [1.29, 1.82) is 0 Å². The Morgan fingerprint density at radius 1 is 0.932 bits per heavy atom. The van der Waals surface area contributed by atoms with E-state index in [0.29, 0.717) is 51.6 Å². The molecule has 44 heavy (non-hydrogen) atoms. The molecule has 2 saturated carbocycles. The molecule has 2 heterocycles. The molecule has 0 saturated heterocycles. The van der Waals surface area contributed by atoms with E-state index in [1.807, 2.05) is 30.3 Å². The highest BCUT2D eigenvalue weighted by molar-refractivity contribution is 7.91. The van der Waals surface area contributed by atoms with E-state index in [1.54, 1.807) is 24.3 Å². The van der Waals surface area contributed by atoms with Gasteiger partial charge < -0.3 is 14.0 Å². The first-order valence-electron chi connectivity index (χ1n) is 14.0. The number of aromatic nitrogens is 2. The maximum absolute atomic E-state index is 12.3. The van der Waals surface area contributed by atoms with Crippen LogP contribution in [0.4, 0.5) is 0 Å². The highest BCUT2D eigenvalue weighted by Gasteiger charge is 2.37. The van der Waals surface area contributed by atoms with Crippen molar-refractivity contribution in [2.24, 2.45) is 0 Å². The largest absolute Gasteiger partial charge is 0.489 e. The Bertz CT molecular complexity index is 1980. The molecule has 9 nitrogen and oxygen atoms in total. The summed E-state index contributed by atoms with van der Waals surface area (Å²) in [5.74, 6) is 1.90. The number of rotatable bonds is 10. The van der Waals surface area contributed by atoms with Gasteiger partial charge in [-0.25, -0.2) is 18.1 Å². The number of hydrogen-bond acceptors (Lipinski definition) is 8. The SMILES string of the molecule is O=C(NS(=O)(=O)C1CC1)c1ccc(Oc2ccc3cc(OCc4c(-c5c(Cl)cccc5Cl)noc4C4CC4)ccc3c2)nc1. The summed E-state index contributed by atoms with van der Waals surface area (Å²) < 4.78 is 44.0. The van der Waals surface area contributed by atoms with Gasteiger partial charge in [0.1, 0.15) is 29.6 Å². The topological polar surface area (TPSA) is 121 Å². The van der Waals surface area contributed by atoms with Gasteiger partial charge in [0, 0.05) is 23.7 Å². The van der Waals surface area contributed by atoms with E-state index in [2.05, 4.69) is 14.9 Å². The fraction of sp³-hybridized carbons (Fsp3) is 0.219. The third-order valence-electron chi connectivity index (χ3n) is 7.55. The molecular weight excluding hydrogens is 625 g/mol. The van der Waals surface area contributed by atoms with E-state index in [1.165, 1.54) is 18.3 Å². The molecule has 2 aliphatic carbocycles. The van der Waals surface area contributed by atoms with E-state index in [0.717, 1.165) is 34.9 Å². The lowest BCUT2D eigenvalue weighted by Crippen LogP contribution is -2.33. The number of hydrogen-bond donors (Lipinski definition) is 1. The molecule has 0 bridgehead atoms. The van der Waals surface area contributed by atoms with Crippen LogP contribution in [0.15, 0.2) is 77.4 Å². The van der Waals surface area contributed by atoms with Gasteiger partial charge in [-0.15, -0.1) is 0 Å². The molecule has 0 unspecified atom stereocenters. The highest BCUT2D eigenvalue weighted by Crippen LogP contribution is 2.46. The third kappa shape index (κ3) is 5.97. The predicted molar refractivity (Wildman–Crippen MR) is 166 cm³/mol. The molecule has 7 rings (SSSR count). The first-order valence-corrected chi connectivity index (χ1v) is 16.3. The van der Waals surface area contributed by atoms with E-state index in [9.17, 15) is 13.2 Å². The average molecular weight is 651 g/mol. The number of sulfonamides is 1. The Morgan fingerprint density at radius 3 is 2.30 bits per heavy atom. The van der Waals surface area contributed by atoms with Crippen LogP contribution in [0.1, 0.15) is 53.3 Å². The second-order valence-electron chi connectivity index (χ2n) is 10.9. The van der Waals surface area contributed by atoms with E-state index in [-0.39, 0.29) is 18.1 Å². The van der Waals surface area contributed by atoms with Crippen molar-refractivity contribution in [3.63, 3.8) is 0 Å². The van der Waals surface area contributed by atoms with Crippen molar-refractivity contribution in [2.45, 2.75) is 43.5 Å². The number of fused-ring (bicyclic) bond motifs is 1. The summed E-state index contributed by atoms with van der Waals surface area (Å²) in [5, 5.41) is 6.68. The summed E-state index contributed by atoms with van der Waals surface area (Å²) in [7, 11) is -3.64. The number of nitrogens with one attached hydrogen (secondary N) is 1. The van der Waals surface area contributed by atoms with Gasteiger partial charge in [-0.1, -0.05) is 46.6 Å². The van der Waals surface area contributed by atoms with Crippen LogP contribution in [0, 0.1) is 0 Å². The van der Waals surface area contributed by atoms with Gasteiger partial charge in [0.25, 0.3) is 5.91 Å². The quantitative estimate of drug-likeness (QED) is 0.164. The number of amides is 1. The number of halogens is 2. The standard InChI is InChI=1S/C32H25Cl2N3O6S/c33-26-2-1-3-27(34)29(26)30-25(31(43-36-30)18-4-5-18)17-41-22-9-6-20-15-23(10-7-19(20)14-22)42-28-13-8-21(16-35-28)32(38)37-44(39,40)24-11-12-24/h1-3,6-10,13-16,18,24H,4-5,11-12,17H2,(H,37,38). The number of pyridine rings is 1. The van der Waals surface area contributed by atoms with Crippen molar-refractivity contribution >= 4 is 49.9 Å². The molecular formula is C32H25Cl2N3O6S. The van der Waals surface area contributed by atoms with Crippen LogP contribution in [-0.4, -0.2) is 29.7 Å². The Hall–Kier alpha value is -4.12. The summed E-state index contributed by atoms with van der Waals surface area (Å²) in [6, 6.07) is 19.6. The van der Waals surface area contributed by atoms with Crippen molar-refractivity contribution < 1.29 is 27.2 Å². The first kappa shape index (κ1) is 28.6. The van der Waals surface area contributed by atoms with E-state index >= 15 is 0 Å². The molecule has 1 N–H and O–H groups in total. The molecule has 224 valence electrons. The fourth-order valence-electron chi connectivity index (χ4n) is 4.90. The maximum atomic E-state index is 12.3. The second-order valence-corrected chi connectivity index (χ2v) is 13.6. The molecule has 2 aromatic heterocycles. The molecule has 0 atom stereocenters. The number of nitrogens with zero attached hydrogens (tertiary/aromatic N) is 2. The van der Waals surface area contributed by atoms with Crippen molar-refractivity contribution in [2.75, 3.05) is 0 Å². The number of benzene rings is 3. The summed E-state index contributed by atoms with van der Waals surface area (Å²) in [5.41, 5.74) is 2.19. The second kappa shape index (κ2) is 11.4. The lowest BCUT2D eigenvalue weighted by atomic mass is 10.0. The Morgan fingerprint density at radius 2 is 1.64 bits per heavy atom. The van der Waals surface area contributed by atoms with Crippen molar-refractivity contribution in [3.8, 4) is 28.6 Å². The van der Waals surface area contributed by atoms with Crippen LogP contribution in [-0.2, 0) is 16.6 Å². The first-order chi connectivity index (χ1) is 21.2. The minimum atomic E-state index is -3.64. The van der Waals surface area contributed by atoms with Crippen LogP contribution in [0.2, 0.25) is 10.0 Å². The van der Waals surface area contributed by atoms with Crippen LogP contribution in [0.5, 0.6) is 17.4 Å². The van der Waals surface area contributed by atoms with Gasteiger partial charge >= 0.3 is 0 Å². The molecule has 5 aromatic rings. The van der Waals surface area contributed by atoms with Crippen LogP contribution < -0.4 is 14.2 Å². The van der Waals surface area contributed by atoms with Crippen molar-refractivity contribution in [1.82, 2.24) is 14.9 Å². The zero-order valence-electron chi connectivity index (χ0n) is 23.1. The minimum Gasteiger partial charge on any atom is -0.489 e. The molecule has 0 radical (unpaired) electrons. The molecule has 2 aliphatic rings. The van der Waals surface area contributed by atoms with Gasteiger partial charge in [0.15, 0.2) is 0 Å². The van der Waals surface area contributed by atoms with Gasteiger partial charge in [-0.05, 0) is 78.9 Å². The number of ether oxygens (including phenoxy) is 2. The molecule has 12 heteroatoms. The molecule has 1 amide bonds. The minimum absolute atomic E-state index is 0.130. The fourth-order valence-corrected chi connectivity index (χ4v) is 6.78. The average Bonchev–Trinajstić information content (AvgIpc) is 3.94. The Balaban J connectivity index is 1.04. The lowest BCUT2D eigenvalue weighted by molar-refractivity contribution is 0.0981. The molecule has 0 aliphatic heterocycles. The Kier molecular flexibility index (Phi) is 7.44. The van der Waals surface area contributed by atoms with E-state index < -0.39 is 21.2 Å². The lowest BCUT2D eigenvalue weighted by Gasteiger charge is -2.11. The summed E-state index contributed by atoms with van der Waals surface area (Å²) in [6.07, 6.45) is 4.50. The highest BCUT2D eigenvalue weighted by atomic mass is 35.5. The maximum Gasteiger partial charge on any atom is 0.266 e. The zero-order chi connectivity index (χ0) is 30.4. The molecule has 0 spiro atoms. The normalized spacial score (nSPS) is 14.9. The number of carbonyl (C=O) groups is 1. The van der Waals surface area contributed by atoms with Crippen molar-refractivity contribution in [3.05, 3.63) is 99.9 Å². The van der Waals surface area contributed by atoms with Crippen LogP contribution >= 0.6 is 23.2 Å². The predicted octanol–water partition coefficient (Wildman–Crippen LogP) is 7.67. The molecule has 2 fully saturated rings. The summed E-state index contributed by atoms with van der Waals surface area (Å²) >= 11 is 13.0. The van der Waals surface area contributed by atoms with Gasteiger partial charge in [-0.2, -0.15) is 0 Å². The monoisotopic (exact) mass is 649 g/mol. The zero-order valence-corrected chi connectivity index (χ0v) is 25.5. The van der Waals surface area contributed by atoms with Gasteiger partial charge in [-0.3, -0.25) is 4.79 Å². The van der Waals surface area contributed by atoms with Crippen LogP contribution in [0.25, 0.3) is 22.0 Å². The van der Waals surface area contributed by atoms with E-state index in [4.69, 9.17) is 37.2 Å². The number of carbonyl (C=O) groups excluding carboxylic acids is 1. The molecule has 3 aromatic carbocycles. The smallest absolute Gasteiger partial charge is 0.266 e.